The van der Waals surface area contributed by atoms with E-state index in [1.54, 1.807) is 6.07 Å². The molecule has 0 aliphatic carbocycles. The summed E-state index contributed by atoms with van der Waals surface area (Å²) >= 11 is 3.48. The molecule has 0 aliphatic heterocycles. The summed E-state index contributed by atoms with van der Waals surface area (Å²) in [5.74, 6) is -0.479. The highest BCUT2D eigenvalue weighted by atomic mass is 79.9. The van der Waals surface area contributed by atoms with Gasteiger partial charge in [0.05, 0.1) is 6.04 Å². The summed E-state index contributed by atoms with van der Waals surface area (Å²) in [5, 5.41) is 12.5. The van der Waals surface area contributed by atoms with E-state index < -0.39 is 5.82 Å². The van der Waals surface area contributed by atoms with Crippen molar-refractivity contribution in [2.75, 3.05) is 5.32 Å². The first-order valence-electron chi connectivity index (χ1n) is 5.98. The highest BCUT2D eigenvalue weighted by Gasteiger charge is 2.12. The Hall–Kier alpha value is -1.55. The highest BCUT2D eigenvalue weighted by molar-refractivity contribution is 9.10. The van der Waals surface area contributed by atoms with E-state index in [1.165, 1.54) is 6.07 Å². The standard InChI is InChI=1S/C15H15BrFNO/c1-9-3-6-15(13(16)7-9)18-10(2)12-5-4-11(19)8-14(12)17/h3-8,10,18-19H,1-2H3. The van der Waals surface area contributed by atoms with E-state index >= 15 is 0 Å². The van der Waals surface area contributed by atoms with Crippen molar-refractivity contribution in [3.05, 3.63) is 57.8 Å². The van der Waals surface area contributed by atoms with Crippen LogP contribution in [0.25, 0.3) is 0 Å². The average molecular weight is 324 g/mol. The van der Waals surface area contributed by atoms with Crippen LogP contribution in [-0.2, 0) is 0 Å². The summed E-state index contributed by atoms with van der Waals surface area (Å²) in [7, 11) is 0. The van der Waals surface area contributed by atoms with Gasteiger partial charge in [0, 0.05) is 21.8 Å². The van der Waals surface area contributed by atoms with Crippen molar-refractivity contribution in [2.24, 2.45) is 0 Å². The Bertz CT molecular complexity index is 601. The Kier molecular flexibility index (Phi) is 4.10. The predicted octanol–water partition coefficient (Wildman–Crippen LogP) is 4.78. The van der Waals surface area contributed by atoms with E-state index in [4.69, 9.17) is 0 Å². The quantitative estimate of drug-likeness (QED) is 0.852. The SMILES string of the molecule is Cc1ccc(NC(C)c2ccc(O)cc2F)c(Br)c1. The summed E-state index contributed by atoms with van der Waals surface area (Å²) in [6.07, 6.45) is 0. The van der Waals surface area contributed by atoms with Crippen LogP contribution in [0.2, 0.25) is 0 Å². The summed E-state index contributed by atoms with van der Waals surface area (Å²) < 4.78 is 14.7. The lowest BCUT2D eigenvalue weighted by molar-refractivity contribution is 0.467. The van der Waals surface area contributed by atoms with Crippen molar-refractivity contribution in [1.82, 2.24) is 0 Å². The normalized spacial score (nSPS) is 12.2. The molecule has 0 radical (unpaired) electrons. The molecule has 19 heavy (non-hydrogen) atoms. The van der Waals surface area contributed by atoms with Crippen molar-refractivity contribution in [3.8, 4) is 5.75 Å². The van der Waals surface area contributed by atoms with E-state index in [9.17, 15) is 9.50 Å². The number of aryl methyl sites for hydroxylation is 1. The number of hydrogen-bond donors (Lipinski definition) is 2. The van der Waals surface area contributed by atoms with Crippen molar-refractivity contribution in [2.45, 2.75) is 19.9 Å². The molecule has 2 N–H and O–H groups in total. The number of halogens is 2. The largest absolute Gasteiger partial charge is 0.508 e. The van der Waals surface area contributed by atoms with Gasteiger partial charge in [0.25, 0.3) is 0 Å². The maximum atomic E-state index is 13.8. The molecule has 4 heteroatoms. The Morgan fingerprint density at radius 3 is 2.58 bits per heavy atom. The summed E-state index contributed by atoms with van der Waals surface area (Å²) in [6.45, 7) is 3.89. The van der Waals surface area contributed by atoms with Crippen LogP contribution in [-0.4, -0.2) is 5.11 Å². The molecule has 2 aromatic carbocycles. The minimum atomic E-state index is -0.414. The molecule has 0 bridgehead atoms. The maximum absolute atomic E-state index is 13.8. The van der Waals surface area contributed by atoms with E-state index in [0.29, 0.717) is 5.56 Å². The van der Waals surface area contributed by atoms with Crippen LogP contribution in [0.4, 0.5) is 10.1 Å². The van der Waals surface area contributed by atoms with Gasteiger partial charge < -0.3 is 10.4 Å². The number of phenolic OH excluding ortho intramolecular Hbond substituents is 1. The molecule has 1 atom stereocenters. The molecule has 100 valence electrons. The highest BCUT2D eigenvalue weighted by Crippen LogP contribution is 2.29. The van der Waals surface area contributed by atoms with E-state index in [-0.39, 0.29) is 11.8 Å². The molecule has 0 spiro atoms. The molecule has 0 saturated carbocycles. The summed E-state index contributed by atoms with van der Waals surface area (Å²) in [5.41, 5.74) is 2.58. The third-order valence-electron chi connectivity index (χ3n) is 2.95. The molecule has 0 saturated heterocycles. The molecule has 2 aromatic rings. The van der Waals surface area contributed by atoms with E-state index in [1.807, 2.05) is 32.0 Å². The minimum Gasteiger partial charge on any atom is -0.508 e. The van der Waals surface area contributed by atoms with E-state index in [2.05, 4.69) is 21.2 Å². The Morgan fingerprint density at radius 1 is 1.21 bits per heavy atom. The molecule has 0 aliphatic rings. The number of phenols is 1. The lowest BCUT2D eigenvalue weighted by Gasteiger charge is -2.18. The van der Waals surface area contributed by atoms with Gasteiger partial charge in [-0.15, -0.1) is 0 Å². The van der Waals surface area contributed by atoms with Gasteiger partial charge >= 0.3 is 0 Å². The number of nitrogens with one attached hydrogen (secondary N) is 1. The first-order valence-corrected chi connectivity index (χ1v) is 6.78. The van der Waals surface area contributed by atoms with E-state index in [0.717, 1.165) is 21.8 Å². The fourth-order valence-corrected chi connectivity index (χ4v) is 2.52. The molecule has 2 rings (SSSR count). The van der Waals surface area contributed by atoms with Crippen LogP contribution in [0.5, 0.6) is 5.75 Å². The number of hydrogen-bond acceptors (Lipinski definition) is 2. The van der Waals surface area contributed by atoms with Crippen molar-refractivity contribution < 1.29 is 9.50 Å². The fourth-order valence-electron chi connectivity index (χ4n) is 1.92. The minimum absolute atomic E-state index is 0.0648. The maximum Gasteiger partial charge on any atom is 0.132 e. The zero-order valence-electron chi connectivity index (χ0n) is 10.7. The van der Waals surface area contributed by atoms with Crippen LogP contribution in [0.1, 0.15) is 24.1 Å². The van der Waals surface area contributed by atoms with Gasteiger partial charge in [-0.3, -0.25) is 0 Å². The van der Waals surface area contributed by atoms with Gasteiger partial charge in [0.15, 0.2) is 0 Å². The Balaban J connectivity index is 2.23. The number of aromatic hydroxyl groups is 1. The molecule has 0 amide bonds. The fraction of sp³-hybridized carbons (Fsp3) is 0.200. The molecule has 2 nitrogen and oxygen atoms in total. The molecule has 1 unspecified atom stereocenters. The first-order chi connectivity index (χ1) is 8.97. The molecule has 0 heterocycles. The molecule has 0 aromatic heterocycles. The van der Waals surface area contributed by atoms with Crippen LogP contribution < -0.4 is 5.32 Å². The van der Waals surface area contributed by atoms with Crippen LogP contribution in [0, 0.1) is 12.7 Å². The third-order valence-corrected chi connectivity index (χ3v) is 3.60. The number of anilines is 1. The Labute approximate surface area is 120 Å². The second-order valence-electron chi connectivity index (χ2n) is 4.56. The monoisotopic (exact) mass is 323 g/mol. The topological polar surface area (TPSA) is 32.3 Å². The second-order valence-corrected chi connectivity index (χ2v) is 5.41. The molecular formula is C15H15BrFNO. The second kappa shape index (κ2) is 5.61. The van der Waals surface area contributed by atoms with Crippen molar-refractivity contribution >= 4 is 21.6 Å². The van der Waals surface area contributed by atoms with Gasteiger partial charge in [0.1, 0.15) is 11.6 Å². The van der Waals surface area contributed by atoms with Gasteiger partial charge in [0.2, 0.25) is 0 Å². The molecular weight excluding hydrogens is 309 g/mol. The zero-order chi connectivity index (χ0) is 14.0. The predicted molar refractivity (Wildman–Crippen MR) is 79.0 cm³/mol. The number of benzene rings is 2. The summed E-state index contributed by atoms with van der Waals surface area (Å²) in [4.78, 5) is 0. The smallest absolute Gasteiger partial charge is 0.132 e. The molecule has 0 fully saturated rings. The lowest BCUT2D eigenvalue weighted by atomic mass is 10.1. The average Bonchev–Trinajstić information content (AvgIpc) is 2.32. The summed E-state index contributed by atoms with van der Waals surface area (Å²) in [6, 6.07) is 9.95. The van der Waals surface area contributed by atoms with Crippen LogP contribution >= 0.6 is 15.9 Å². The Morgan fingerprint density at radius 2 is 1.95 bits per heavy atom. The van der Waals surface area contributed by atoms with Gasteiger partial charge in [-0.1, -0.05) is 12.1 Å². The van der Waals surface area contributed by atoms with Crippen LogP contribution in [0.15, 0.2) is 40.9 Å². The number of rotatable bonds is 3. The lowest BCUT2D eigenvalue weighted by Crippen LogP contribution is -2.09. The van der Waals surface area contributed by atoms with Gasteiger partial charge in [-0.25, -0.2) is 4.39 Å². The van der Waals surface area contributed by atoms with Gasteiger partial charge in [-0.2, -0.15) is 0 Å². The van der Waals surface area contributed by atoms with Crippen molar-refractivity contribution in [1.29, 1.82) is 0 Å². The first kappa shape index (κ1) is 13.9. The van der Waals surface area contributed by atoms with Gasteiger partial charge in [-0.05, 0) is 53.5 Å². The zero-order valence-corrected chi connectivity index (χ0v) is 12.3. The third kappa shape index (κ3) is 3.26. The van der Waals surface area contributed by atoms with Crippen LogP contribution in [0.3, 0.4) is 0 Å². The van der Waals surface area contributed by atoms with Crippen molar-refractivity contribution in [3.63, 3.8) is 0 Å².